The van der Waals surface area contributed by atoms with Crippen LogP contribution < -0.4 is 0 Å². The Hall–Kier alpha value is -0.370. The predicted molar refractivity (Wildman–Crippen MR) is 54.9 cm³/mol. The van der Waals surface area contributed by atoms with E-state index in [4.69, 9.17) is 4.74 Å². The Morgan fingerprint density at radius 3 is 2.62 bits per heavy atom. The summed E-state index contributed by atoms with van der Waals surface area (Å²) in [5.41, 5.74) is 0. The topological polar surface area (TPSA) is 26.3 Å². The zero-order valence-electron chi connectivity index (χ0n) is 9.14. The van der Waals surface area contributed by atoms with E-state index in [9.17, 15) is 4.79 Å². The monoisotopic (exact) mass is 186 g/mol. The summed E-state index contributed by atoms with van der Waals surface area (Å²) in [5.74, 6) is 0.279. The van der Waals surface area contributed by atoms with Gasteiger partial charge in [0.15, 0.2) is 0 Å². The van der Waals surface area contributed by atoms with Gasteiger partial charge in [0.2, 0.25) is 0 Å². The zero-order chi connectivity index (χ0) is 10.1. The minimum absolute atomic E-state index is 0.279. The second kappa shape index (κ2) is 8.24. The molecule has 13 heavy (non-hydrogen) atoms. The molecule has 2 heteroatoms. The molecule has 0 bridgehead atoms. The molecule has 0 aliphatic carbocycles. The summed E-state index contributed by atoms with van der Waals surface area (Å²) in [6, 6.07) is 0. The number of hydrogen-bond donors (Lipinski definition) is 0. The average Bonchev–Trinajstić information content (AvgIpc) is 2.03. The molecule has 0 rings (SSSR count). The van der Waals surface area contributed by atoms with Crippen LogP contribution in [-0.4, -0.2) is 18.5 Å². The minimum atomic E-state index is 0.279. The van der Waals surface area contributed by atoms with E-state index in [1.54, 1.807) is 6.92 Å². The SMILES string of the molecule is CCCC(C)OCCCCC(C)=O. The molecule has 0 saturated heterocycles. The van der Waals surface area contributed by atoms with Gasteiger partial charge in [-0.25, -0.2) is 0 Å². The molecule has 0 spiro atoms. The fraction of sp³-hybridized carbons (Fsp3) is 0.909. The summed E-state index contributed by atoms with van der Waals surface area (Å²) in [6.07, 6.45) is 5.36. The molecule has 0 N–H and O–H groups in total. The third kappa shape index (κ3) is 9.54. The molecule has 2 nitrogen and oxygen atoms in total. The van der Waals surface area contributed by atoms with Crippen LogP contribution in [0.1, 0.15) is 52.9 Å². The van der Waals surface area contributed by atoms with E-state index in [-0.39, 0.29) is 5.78 Å². The van der Waals surface area contributed by atoms with Gasteiger partial charge < -0.3 is 9.53 Å². The van der Waals surface area contributed by atoms with Gasteiger partial charge in [0.1, 0.15) is 5.78 Å². The predicted octanol–water partition coefficient (Wildman–Crippen LogP) is 2.95. The summed E-state index contributed by atoms with van der Waals surface area (Å²) in [4.78, 5) is 10.6. The lowest BCUT2D eigenvalue weighted by Gasteiger charge is -2.11. The molecule has 0 aliphatic rings. The van der Waals surface area contributed by atoms with Crippen molar-refractivity contribution in [3.05, 3.63) is 0 Å². The molecule has 0 fully saturated rings. The molecule has 1 unspecified atom stereocenters. The first-order valence-corrected chi connectivity index (χ1v) is 5.27. The Kier molecular flexibility index (Phi) is 8.00. The van der Waals surface area contributed by atoms with Gasteiger partial charge in [-0.2, -0.15) is 0 Å². The number of ketones is 1. The lowest BCUT2D eigenvalue weighted by Crippen LogP contribution is -2.08. The van der Waals surface area contributed by atoms with Crippen LogP contribution in [0.2, 0.25) is 0 Å². The van der Waals surface area contributed by atoms with Crippen molar-refractivity contribution in [2.75, 3.05) is 6.61 Å². The zero-order valence-corrected chi connectivity index (χ0v) is 9.14. The van der Waals surface area contributed by atoms with Crippen molar-refractivity contribution in [2.24, 2.45) is 0 Å². The first-order chi connectivity index (χ1) is 6.16. The second-order valence-corrected chi connectivity index (χ2v) is 3.63. The van der Waals surface area contributed by atoms with Crippen molar-refractivity contribution in [2.45, 2.75) is 59.0 Å². The largest absolute Gasteiger partial charge is 0.379 e. The summed E-state index contributed by atoms with van der Waals surface area (Å²) in [7, 11) is 0. The lowest BCUT2D eigenvalue weighted by atomic mass is 10.2. The van der Waals surface area contributed by atoms with E-state index in [0.29, 0.717) is 12.5 Å². The normalized spacial score (nSPS) is 12.8. The number of carbonyl (C=O) groups excluding carboxylic acids is 1. The van der Waals surface area contributed by atoms with Crippen molar-refractivity contribution in [1.82, 2.24) is 0 Å². The van der Waals surface area contributed by atoms with E-state index in [1.807, 2.05) is 0 Å². The van der Waals surface area contributed by atoms with Crippen LogP contribution in [-0.2, 0) is 9.53 Å². The van der Waals surface area contributed by atoms with Gasteiger partial charge in [-0.3, -0.25) is 0 Å². The average molecular weight is 186 g/mol. The lowest BCUT2D eigenvalue weighted by molar-refractivity contribution is -0.117. The second-order valence-electron chi connectivity index (χ2n) is 3.63. The van der Waals surface area contributed by atoms with Gasteiger partial charge in [0, 0.05) is 13.0 Å². The highest BCUT2D eigenvalue weighted by Gasteiger charge is 1.99. The molecule has 0 aliphatic heterocycles. The number of hydrogen-bond acceptors (Lipinski definition) is 2. The minimum Gasteiger partial charge on any atom is -0.379 e. The molecule has 1 atom stereocenters. The molecular formula is C11H22O2. The van der Waals surface area contributed by atoms with Crippen LogP contribution in [0.5, 0.6) is 0 Å². The number of Topliss-reactive ketones (excluding diaryl/α,β-unsaturated/α-hetero) is 1. The first-order valence-electron chi connectivity index (χ1n) is 5.27. The van der Waals surface area contributed by atoms with Crippen LogP contribution in [0.4, 0.5) is 0 Å². The van der Waals surface area contributed by atoms with Crippen LogP contribution >= 0.6 is 0 Å². The molecule has 0 heterocycles. The maximum absolute atomic E-state index is 10.6. The van der Waals surface area contributed by atoms with Gasteiger partial charge >= 0.3 is 0 Å². The van der Waals surface area contributed by atoms with Crippen LogP contribution in [0, 0.1) is 0 Å². The molecule has 0 aromatic heterocycles. The summed E-state index contributed by atoms with van der Waals surface area (Å²) in [6.45, 7) is 6.71. The highest BCUT2D eigenvalue weighted by atomic mass is 16.5. The van der Waals surface area contributed by atoms with Crippen molar-refractivity contribution in [3.63, 3.8) is 0 Å². The van der Waals surface area contributed by atoms with Gasteiger partial charge in [-0.15, -0.1) is 0 Å². The Bertz CT molecular complexity index is 132. The molecule has 0 saturated carbocycles. The van der Waals surface area contributed by atoms with E-state index >= 15 is 0 Å². The molecule has 0 radical (unpaired) electrons. The molecule has 0 aromatic carbocycles. The standard InChI is InChI=1S/C11H22O2/c1-4-7-11(3)13-9-6-5-8-10(2)12/h11H,4-9H2,1-3H3. The highest BCUT2D eigenvalue weighted by molar-refractivity contribution is 5.75. The molecule has 0 amide bonds. The fourth-order valence-electron chi connectivity index (χ4n) is 1.25. The third-order valence-electron chi connectivity index (χ3n) is 2.02. The third-order valence-corrected chi connectivity index (χ3v) is 2.02. The number of rotatable bonds is 8. The smallest absolute Gasteiger partial charge is 0.129 e. The van der Waals surface area contributed by atoms with Crippen molar-refractivity contribution >= 4 is 5.78 Å². The molecule has 0 aromatic rings. The highest BCUT2D eigenvalue weighted by Crippen LogP contribution is 2.03. The Morgan fingerprint density at radius 1 is 1.38 bits per heavy atom. The van der Waals surface area contributed by atoms with E-state index in [0.717, 1.165) is 25.9 Å². The summed E-state index contributed by atoms with van der Waals surface area (Å²) in [5, 5.41) is 0. The fourth-order valence-corrected chi connectivity index (χ4v) is 1.25. The number of unbranched alkanes of at least 4 members (excludes halogenated alkanes) is 1. The van der Waals surface area contributed by atoms with Gasteiger partial charge in [-0.05, 0) is 33.1 Å². The molecule has 78 valence electrons. The quantitative estimate of drug-likeness (QED) is 0.545. The van der Waals surface area contributed by atoms with E-state index in [2.05, 4.69) is 13.8 Å². The Labute approximate surface area is 81.7 Å². The van der Waals surface area contributed by atoms with E-state index in [1.165, 1.54) is 6.42 Å². The Morgan fingerprint density at radius 2 is 2.08 bits per heavy atom. The number of carbonyl (C=O) groups is 1. The van der Waals surface area contributed by atoms with Gasteiger partial charge in [0.05, 0.1) is 6.10 Å². The maximum Gasteiger partial charge on any atom is 0.129 e. The van der Waals surface area contributed by atoms with Crippen LogP contribution in [0.25, 0.3) is 0 Å². The van der Waals surface area contributed by atoms with Crippen molar-refractivity contribution in [3.8, 4) is 0 Å². The molecular weight excluding hydrogens is 164 g/mol. The first kappa shape index (κ1) is 12.6. The summed E-state index contributed by atoms with van der Waals surface area (Å²) >= 11 is 0. The van der Waals surface area contributed by atoms with Gasteiger partial charge in [0.25, 0.3) is 0 Å². The van der Waals surface area contributed by atoms with Crippen LogP contribution in [0.15, 0.2) is 0 Å². The Balaban J connectivity index is 3.11. The van der Waals surface area contributed by atoms with Crippen molar-refractivity contribution < 1.29 is 9.53 Å². The van der Waals surface area contributed by atoms with Crippen molar-refractivity contribution in [1.29, 1.82) is 0 Å². The van der Waals surface area contributed by atoms with E-state index < -0.39 is 0 Å². The maximum atomic E-state index is 10.6. The van der Waals surface area contributed by atoms with Gasteiger partial charge in [-0.1, -0.05) is 13.3 Å². The summed E-state index contributed by atoms with van der Waals surface area (Å²) < 4.78 is 5.55. The number of ether oxygens (including phenoxy) is 1. The van der Waals surface area contributed by atoms with Crippen LogP contribution in [0.3, 0.4) is 0 Å².